The number of fused-ring (bicyclic) bond motifs is 1. The molecule has 1 unspecified atom stereocenters. The van der Waals surface area contributed by atoms with Crippen molar-refractivity contribution in [1.82, 2.24) is 5.43 Å². The van der Waals surface area contributed by atoms with E-state index in [2.05, 4.69) is 59.9 Å². The molecule has 0 saturated heterocycles. The zero-order chi connectivity index (χ0) is 13.1. The van der Waals surface area contributed by atoms with Gasteiger partial charge in [-0.1, -0.05) is 49.4 Å². The van der Waals surface area contributed by atoms with E-state index in [-0.39, 0.29) is 6.10 Å². The topological polar surface area (TPSA) is 35.7 Å². The van der Waals surface area contributed by atoms with Crippen LogP contribution >= 0.6 is 0 Å². The molecule has 0 N–H and O–H groups in total. The van der Waals surface area contributed by atoms with E-state index < -0.39 is 0 Å². The first-order chi connectivity index (χ1) is 9.40. The Labute approximate surface area is 113 Å². The minimum absolute atomic E-state index is 0.00533. The standard InChI is InChI=1S/C16H17N2O/c1-2-10-19-15-11-17-18-16(15)14-9-5-7-12-6-3-4-8-13(12)14/h3-9,15H,2,10-11H2,1H3. The van der Waals surface area contributed by atoms with Crippen LogP contribution < -0.4 is 5.43 Å². The number of hydrogen-bond acceptors (Lipinski definition) is 2. The van der Waals surface area contributed by atoms with Crippen molar-refractivity contribution in [3.05, 3.63) is 48.0 Å². The van der Waals surface area contributed by atoms with Gasteiger partial charge in [0.25, 0.3) is 0 Å². The molecule has 0 spiro atoms. The van der Waals surface area contributed by atoms with Gasteiger partial charge in [-0.15, -0.1) is 0 Å². The second-order valence-corrected chi connectivity index (χ2v) is 4.70. The largest absolute Gasteiger partial charge is 0.370 e. The lowest BCUT2D eigenvalue weighted by Gasteiger charge is -2.14. The molecule has 1 heterocycles. The lowest BCUT2D eigenvalue weighted by atomic mass is 9.98. The third kappa shape index (κ3) is 2.34. The van der Waals surface area contributed by atoms with Crippen molar-refractivity contribution in [3.8, 4) is 0 Å². The van der Waals surface area contributed by atoms with Crippen molar-refractivity contribution in [2.45, 2.75) is 19.4 Å². The number of nitrogens with zero attached hydrogens (tertiary/aromatic N) is 2. The van der Waals surface area contributed by atoms with Crippen LogP contribution in [0.4, 0.5) is 0 Å². The van der Waals surface area contributed by atoms with Gasteiger partial charge in [0.2, 0.25) is 0 Å². The molecule has 1 atom stereocenters. The molecule has 2 aromatic carbocycles. The van der Waals surface area contributed by atoms with Gasteiger partial charge in [-0.25, -0.2) is 0 Å². The number of benzene rings is 2. The smallest absolute Gasteiger partial charge is 0.123 e. The Morgan fingerprint density at radius 2 is 2.00 bits per heavy atom. The van der Waals surface area contributed by atoms with Crippen LogP contribution in [0, 0.1) is 0 Å². The van der Waals surface area contributed by atoms with Crippen LogP contribution in [0.25, 0.3) is 10.8 Å². The summed E-state index contributed by atoms with van der Waals surface area (Å²) in [5.74, 6) is 0. The molecule has 3 rings (SSSR count). The van der Waals surface area contributed by atoms with Gasteiger partial charge < -0.3 is 4.74 Å². The molecular formula is C16H17N2O. The Balaban J connectivity index is 1.99. The van der Waals surface area contributed by atoms with Crippen molar-refractivity contribution in [1.29, 1.82) is 0 Å². The van der Waals surface area contributed by atoms with Crippen molar-refractivity contribution in [2.75, 3.05) is 13.2 Å². The highest BCUT2D eigenvalue weighted by molar-refractivity contribution is 6.13. The van der Waals surface area contributed by atoms with Gasteiger partial charge in [-0.05, 0) is 17.2 Å². The van der Waals surface area contributed by atoms with Gasteiger partial charge in [0.15, 0.2) is 0 Å². The quantitative estimate of drug-likeness (QED) is 0.825. The van der Waals surface area contributed by atoms with E-state index in [9.17, 15) is 0 Å². The van der Waals surface area contributed by atoms with Gasteiger partial charge in [0.05, 0.1) is 6.54 Å². The van der Waals surface area contributed by atoms with Crippen LogP contribution in [0.2, 0.25) is 0 Å². The second-order valence-electron chi connectivity index (χ2n) is 4.70. The summed E-state index contributed by atoms with van der Waals surface area (Å²) in [6.07, 6.45) is 1.02. The molecule has 0 fully saturated rings. The summed E-state index contributed by atoms with van der Waals surface area (Å²) < 4.78 is 5.84. The summed E-state index contributed by atoms with van der Waals surface area (Å²) in [5, 5.41) is 6.75. The minimum atomic E-state index is 0.00533. The Kier molecular flexibility index (Phi) is 3.47. The van der Waals surface area contributed by atoms with Crippen molar-refractivity contribution >= 4 is 16.5 Å². The molecule has 0 aromatic heterocycles. The van der Waals surface area contributed by atoms with Gasteiger partial charge >= 0.3 is 0 Å². The summed E-state index contributed by atoms with van der Waals surface area (Å²) in [6, 6.07) is 14.6. The molecule has 3 nitrogen and oxygen atoms in total. The summed E-state index contributed by atoms with van der Waals surface area (Å²) in [4.78, 5) is 0. The average molecular weight is 253 g/mol. The van der Waals surface area contributed by atoms with Crippen molar-refractivity contribution in [2.24, 2.45) is 5.10 Å². The maximum absolute atomic E-state index is 5.84. The molecule has 1 radical (unpaired) electrons. The second kappa shape index (κ2) is 5.41. The minimum Gasteiger partial charge on any atom is -0.370 e. The van der Waals surface area contributed by atoms with E-state index in [0.717, 1.165) is 24.3 Å². The Morgan fingerprint density at radius 1 is 1.16 bits per heavy atom. The van der Waals surface area contributed by atoms with E-state index in [1.54, 1.807) is 0 Å². The van der Waals surface area contributed by atoms with E-state index in [1.165, 1.54) is 10.8 Å². The van der Waals surface area contributed by atoms with Crippen LogP contribution in [0.5, 0.6) is 0 Å². The molecule has 1 aliphatic rings. The third-order valence-electron chi connectivity index (χ3n) is 3.32. The third-order valence-corrected chi connectivity index (χ3v) is 3.32. The average Bonchev–Trinajstić information content (AvgIpc) is 2.92. The van der Waals surface area contributed by atoms with Crippen molar-refractivity contribution < 1.29 is 4.74 Å². The van der Waals surface area contributed by atoms with Crippen LogP contribution in [0.15, 0.2) is 47.6 Å². The van der Waals surface area contributed by atoms with E-state index >= 15 is 0 Å². The number of rotatable bonds is 4. The van der Waals surface area contributed by atoms with Crippen LogP contribution in [-0.4, -0.2) is 25.0 Å². The summed E-state index contributed by atoms with van der Waals surface area (Å²) in [5.41, 5.74) is 6.25. The van der Waals surface area contributed by atoms with Gasteiger partial charge in [0, 0.05) is 12.2 Å². The maximum Gasteiger partial charge on any atom is 0.123 e. The lowest BCUT2D eigenvalue weighted by molar-refractivity contribution is 0.104. The Hall–Kier alpha value is -1.87. The van der Waals surface area contributed by atoms with Crippen molar-refractivity contribution in [3.63, 3.8) is 0 Å². The van der Waals surface area contributed by atoms with E-state index in [0.29, 0.717) is 6.54 Å². The Morgan fingerprint density at radius 3 is 2.89 bits per heavy atom. The Bertz CT molecular complexity index is 601. The van der Waals surface area contributed by atoms with Crippen LogP contribution in [0.3, 0.4) is 0 Å². The monoisotopic (exact) mass is 253 g/mol. The zero-order valence-corrected chi connectivity index (χ0v) is 11.0. The molecule has 1 aliphatic heterocycles. The number of hydrogen-bond donors (Lipinski definition) is 0. The summed E-state index contributed by atoms with van der Waals surface area (Å²) >= 11 is 0. The van der Waals surface area contributed by atoms with Crippen LogP contribution in [0.1, 0.15) is 18.9 Å². The normalized spacial score (nSPS) is 18.4. The predicted molar refractivity (Wildman–Crippen MR) is 77.5 cm³/mol. The highest BCUT2D eigenvalue weighted by Gasteiger charge is 2.25. The first-order valence-corrected chi connectivity index (χ1v) is 6.74. The molecule has 2 aromatic rings. The molecule has 3 heteroatoms. The van der Waals surface area contributed by atoms with Gasteiger partial charge in [-0.2, -0.15) is 10.5 Å². The maximum atomic E-state index is 5.84. The first kappa shape index (κ1) is 12.2. The summed E-state index contributed by atoms with van der Waals surface area (Å²) in [7, 11) is 0. The van der Waals surface area contributed by atoms with Gasteiger partial charge in [-0.3, -0.25) is 0 Å². The first-order valence-electron chi connectivity index (χ1n) is 6.74. The fourth-order valence-electron chi connectivity index (χ4n) is 2.41. The number of ether oxygens (including phenoxy) is 1. The van der Waals surface area contributed by atoms with Crippen LogP contribution in [-0.2, 0) is 4.74 Å². The van der Waals surface area contributed by atoms with Gasteiger partial charge in [0.1, 0.15) is 11.8 Å². The molecule has 0 saturated carbocycles. The molecule has 0 bridgehead atoms. The lowest BCUT2D eigenvalue weighted by Crippen LogP contribution is -2.26. The van der Waals surface area contributed by atoms with E-state index in [4.69, 9.17) is 4.74 Å². The van der Waals surface area contributed by atoms with E-state index in [1.807, 2.05) is 0 Å². The highest BCUT2D eigenvalue weighted by atomic mass is 16.5. The molecule has 97 valence electrons. The highest BCUT2D eigenvalue weighted by Crippen LogP contribution is 2.22. The molecular weight excluding hydrogens is 236 g/mol. The molecule has 0 amide bonds. The molecule has 19 heavy (non-hydrogen) atoms. The fraction of sp³-hybridized carbons (Fsp3) is 0.312. The molecule has 0 aliphatic carbocycles. The summed E-state index contributed by atoms with van der Waals surface area (Å²) in [6.45, 7) is 3.50. The SMILES string of the molecule is CCCOC1C[N]N=C1c1cccc2ccccc12. The zero-order valence-electron chi connectivity index (χ0n) is 11.0. The predicted octanol–water partition coefficient (Wildman–Crippen LogP) is 2.96. The fourth-order valence-corrected chi connectivity index (χ4v) is 2.41.